The predicted octanol–water partition coefficient (Wildman–Crippen LogP) is 2.23. The maximum Gasteiger partial charge on any atom is 0.141 e. The molecule has 1 aromatic carbocycles. The third-order valence-electron chi connectivity index (χ3n) is 2.60. The van der Waals surface area contributed by atoms with Gasteiger partial charge in [-0.25, -0.2) is 14.1 Å². The Balaban J connectivity index is 2.21. The summed E-state index contributed by atoms with van der Waals surface area (Å²) in [4.78, 5) is 4.13. The van der Waals surface area contributed by atoms with Crippen LogP contribution in [-0.2, 0) is 13.1 Å². The second-order valence-electron chi connectivity index (χ2n) is 3.81. The molecule has 96 valence electrons. The molecule has 0 aliphatic carbocycles. The Morgan fingerprint density at radius 1 is 1.44 bits per heavy atom. The first-order chi connectivity index (χ1) is 8.72. The molecule has 0 atom stereocenters. The number of halogens is 2. The van der Waals surface area contributed by atoms with Gasteiger partial charge < -0.3 is 5.32 Å². The van der Waals surface area contributed by atoms with Crippen molar-refractivity contribution < 1.29 is 4.39 Å². The van der Waals surface area contributed by atoms with Gasteiger partial charge in [-0.3, -0.25) is 0 Å². The molecular formula is C12H14ClFN4. The Labute approximate surface area is 110 Å². The summed E-state index contributed by atoms with van der Waals surface area (Å²) in [6.45, 7) is 3.73. The highest BCUT2D eigenvalue weighted by atomic mass is 35.5. The molecule has 4 nitrogen and oxygen atoms in total. The maximum atomic E-state index is 13.7. The number of hydrogen-bond donors (Lipinski definition) is 1. The van der Waals surface area contributed by atoms with Crippen LogP contribution in [0.1, 0.15) is 18.3 Å². The van der Waals surface area contributed by atoms with Crippen molar-refractivity contribution in [2.45, 2.75) is 20.0 Å². The van der Waals surface area contributed by atoms with E-state index in [0.29, 0.717) is 17.1 Å². The van der Waals surface area contributed by atoms with E-state index in [2.05, 4.69) is 15.4 Å². The summed E-state index contributed by atoms with van der Waals surface area (Å²) in [6, 6.07) is 4.64. The van der Waals surface area contributed by atoms with Gasteiger partial charge in [0.2, 0.25) is 0 Å². The zero-order valence-electron chi connectivity index (χ0n) is 10.0. The molecule has 0 aliphatic heterocycles. The van der Waals surface area contributed by atoms with E-state index < -0.39 is 0 Å². The topological polar surface area (TPSA) is 42.7 Å². The van der Waals surface area contributed by atoms with Crippen LogP contribution in [0.4, 0.5) is 4.39 Å². The molecule has 0 unspecified atom stereocenters. The quantitative estimate of drug-likeness (QED) is 0.904. The zero-order valence-corrected chi connectivity index (χ0v) is 10.8. The molecular weight excluding hydrogens is 255 g/mol. The molecule has 1 N–H and O–H groups in total. The molecule has 6 heteroatoms. The van der Waals surface area contributed by atoms with Gasteiger partial charge in [0.15, 0.2) is 0 Å². The van der Waals surface area contributed by atoms with E-state index in [1.165, 1.54) is 12.4 Å². The van der Waals surface area contributed by atoms with Gasteiger partial charge in [0.25, 0.3) is 0 Å². The van der Waals surface area contributed by atoms with Crippen molar-refractivity contribution in [3.63, 3.8) is 0 Å². The second-order valence-corrected chi connectivity index (χ2v) is 4.22. The Kier molecular flexibility index (Phi) is 4.28. The largest absolute Gasteiger partial charge is 0.310 e. The fraction of sp³-hybridized carbons (Fsp3) is 0.333. The molecule has 2 aromatic rings. The highest BCUT2D eigenvalue weighted by Gasteiger charge is 2.10. The lowest BCUT2D eigenvalue weighted by atomic mass is 10.2. The van der Waals surface area contributed by atoms with E-state index in [1.807, 2.05) is 6.92 Å². The summed E-state index contributed by atoms with van der Waals surface area (Å²) in [7, 11) is 0. The van der Waals surface area contributed by atoms with Crippen LogP contribution in [0.2, 0.25) is 5.02 Å². The summed E-state index contributed by atoms with van der Waals surface area (Å²) >= 11 is 5.99. The summed E-state index contributed by atoms with van der Waals surface area (Å²) in [5, 5.41) is 7.65. The minimum atomic E-state index is -0.326. The highest BCUT2D eigenvalue weighted by molar-refractivity contribution is 6.31. The smallest absolute Gasteiger partial charge is 0.141 e. The molecule has 0 saturated heterocycles. The normalized spacial score (nSPS) is 10.8. The fourth-order valence-electron chi connectivity index (χ4n) is 1.63. The van der Waals surface area contributed by atoms with Crippen LogP contribution >= 0.6 is 11.6 Å². The average molecular weight is 269 g/mol. The first-order valence-electron chi connectivity index (χ1n) is 5.72. The number of benzene rings is 1. The number of nitrogens with zero attached hydrogens (tertiary/aromatic N) is 3. The van der Waals surface area contributed by atoms with Crippen molar-refractivity contribution in [3.8, 4) is 0 Å². The first-order valence-corrected chi connectivity index (χ1v) is 6.10. The van der Waals surface area contributed by atoms with E-state index in [1.54, 1.807) is 16.8 Å². The third-order valence-corrected chi connectivity index (χ3v) is 2.95. The molecule has 18 heavy (non-hydrogen) atoms. The molecule has 2 rings (SSSR count). The van der Waals surface area contributed by atoms with Gasteiger partial charge in [-0.2, -0.15) is 5.10 Å². The van der Waals surface area contributed by atoms with Gasteiger partial charge >= 0.3 is 0 Å². The van der Waals surface area contributed by atoms with Crippen molar-refractivity contribution in [1.29, 1.82) is 0 Å². The maximum absolute atomic E-state index is 13.7. The minimum Gasteiger partial charge on any atom is -0.310 e. The SMILES string of the molecule is CCNCc1ncnn1Cc1c(F)cccc1Cl. The van der Waals surface area contributed by atoms with Crippen molar-refractivity contribution in [3.05, 3.63) is 46.8 Å². The summed E-state index contributed by atoms with van der Waals surface area (Å²) in [6.07, 6.45) is 1.46. The minimum absolute atomic E-state index is 0.284. The molecule has 0 fully saturated rings. The standard InChI is InChI=1S/C12H14ClFN4/c1-2-15-6-12-16-8-17-18(12)7-9-10(13)4-3-5-11(9)14/h3-5,8,15H,2,6-7H2,1H3. The van der Waals surface area contributed by atoms with E-state index in [4.69, 9.17) is 11.6 Å². The van der Waals surface area contributed by atoms with Crippen molar-refractivity contribution in [2.24, 2.45) is 0 Å². The molecule has 0 radical (unpaired) electrons. The second kappa shape index (κ2) is 5.93. The van der Waals surface area contributed by atoms with Gasteiger partial charge in [0, 0.05) is 10.6 Å². The van der Waals surface area contributed by atoms with Crippen molar-refractivity contribution in [2.75, 3.05) is 6.54 Å². The number of hydrogen-bond acceptors (Lipinski definition) is 3. The number of rotatable bonds is 5. The van der Waals surface area contributed by atoms with E-state index in [0.717, 1.165) is 12.4 Å². The van der Waals surface area contributed by atoms with Gasteiger partial charge in [-0.15, -0.1) is 0 Å². The van der Waals surface area contributed by atoms with E-state index in [-0.39, 0.29) is 12.4 Å². The Morgan fingerprint density at radius 3 is 3.00 bits per heavy atom. The van der Waals surface area contributed by atoms with Gasteiger partial charge in [0.05, 0.1) is 13.1 Å². The molecule has 0 saturated carbocycles. The Bertz CT molecular complexity index is 506. The lowest BCUT2D eigenvalue weighted by Gasteiger charge is -2.08. The molecule has 1 aromatic heterocycles. The predicted molar refractivity (Wildman–Crippen MR) is 67.9 cm³/mol. The lowest BCUT2D eigenvalue weighted by molar-refractivity contribution is 0.560. The van der Waals surface area contributed by atoms with E-state index in [9.17, 15) is 4.39 Å². The zero-order chi connectivity index (χ0) is 13.0. The monoisotopic (exact) mass is 268 g/mol. The summed E-state index contributed by atoms with van der Waals surface area (Å²) in [5.74, 6) is 0.434. The van der Waals surface area contributed by atoms with Crippen LogP contribution in [0.3, 0.4) is 0 Å². The summed E-state index contributed by atoms with van der Waals surface area (Å²) in [5.41, 5.74) is 0.433. The van der Waals surface area contributed by atoms with Crippen molar-refractivity contribution >= 4 is 11.6 Å². The lowest BCUT2D eigenvalue weighted by Crippen LogP contribution is -2.17. The average Bonchev–Trinajstić information content (AvgIpc) is 2.79. The van der Waals surface area contributed by atoms with Crippen molar-refractivity contribution in [1.82, 2.24) is 20.1 Å². The molecule has 1 heterocycles. The molecule has 0 aliphatic rings. The van der Waals surface area contributed by atoms with Crippen LogP contribution in [0.15, 0.2) is 24.5 Å². The van der Waals surface area contributed by atoms with Crippen LogP contribution in [0.25, 0.3) is 0 Å². The third kappa shape index (κ3) is 2.86. The number of nitrogens with one attached hydrogen (secondary N) is 1. The number of aromatic nitrogens is 3. The van der Waals surface area contributed by atoms with Crippen LogP contribution < -0.4 is 5.32 Å². The van der Waals surface area contributed by atoms with Crippen LogP contribution in [-0.4, -0.2) is 21.3 Å². The van der Waals surface area contributed by atoms with Crippen LogP contribution in [0.5, 0.6) is 0 Å². The summed E-state index contributed by atoms with van der Waals surface area (Å²) < 4.78 is 15.3. The Morgan fingerprint density at radius 2 is 2.28 bits per heavy atom. The van der Waals surface area contributed by atoms with Gasteiger partial charge in [-0.1, -0.05) is 24.6 Å². The molecule has 0 bridgehead atoms. The fourth-order valence-corrected chi connectivity index (χ4v) is 1.85. The van der Waals surface area contributed by atoms with E-state index >= 15 is 0 Å². The molecule has 0 spiro atoms. The van der Waals surface area contributed by atoms with Gasteiger partial charge in [0.1, 0.15) is 18.0 Å². The van der Waals surface area contributed by atoms with Crippen LogP contribution in [0, 0.1) is 5.82 Å². The van der Waals surface area contributed by atoms with Gasteiger partial charge in [-0.05, 0) is 18.7 Å². The molecule has 0 amide bonds. The first kappa shape index (κ1) is 13.0. The Hall–Kier alpha value is -1.46. The highest BCUT2D eigenvalue weighted by Crippen LogP contribution is 2.20.